The van der Waals surface area contributed by atoms with Crippen molar-refractivity contribution in [1.82, 2.24) is 5.32 Å². The Morgan fingerprint density at radius 1 is 1.40 bits per heavy atom. The van der Waals surface area contributed by atoms with E-state index >= 15 is 0 Å². The van der Waals surface area contributed by atoms with E-state index < -0.39 is 0 Å². The lowest BCUT2D eigenvalue weighted by Crippen LogP contribution is -2.13. The monoisotopic (exact) mass is 205 g/mol. The standard InChI is InChI=1S/C13H19NO/c1-2-8-14-10-11-4-3-5-13(9-11)15-12-6-7-12/h3-5,9,12,14H,2,6-8,10H2,1H3. The van der Waals surface area contributed by atoms with E-state index in [-0.39, 0.29) is 0 Å². The highest BCUT2D eigenvalue weighted by Gasteiger charge is 2.23. The highest BCUT2D eigenvalue weighted by molar-refractivity contribution is 5.28. The molecule has 1 aliphatic carbocycles. The maximum Gasteiger partial charge on any atom is 0.120 e. The SMILES string of the molecule is CCCNCc1cccc(OC2CC2)c1. The van der Waals surface area contributed by atoms with Crippen LogP contribution in [0.15, 0.2) is 24.3 Å². The zero-order chi connectivity index (χ0) is 10.5. The average Bonchev–Trinajstić information content (AvgIpc) is 3.03. The third-order valence-electron chi connectivity index (χ3n) is 2.48. The molecule has 1 aliphatic rings. The van der Waals surface area contributed by atoms with Crippen molar-refractivity contribution in [2.24, 2.45) is 0 Å². The van der Waals surface area contributed by atoms with Gasteiger partial charge in [-0.15, -0.1) is 0 Å². The fourth-order valence-electron chi connectivity index (χ4n) is 1.52. The molecule has 2 rings (SSSR count). The van der Waals surface area contributed by atoms with Gasteiger partial charge >= 0.3 is 0 Å². The molecule has 82 valence electrons. The summed E-state index contributed by atoms with van der Waals surface area (Å²) < 4.78 is 5.74. The lowest BCUT2D eigenvalue weighted by Gasteiger charge is -2.07. The van der Waals surface area contributed by atoms with Gasteiger partial charge in [0, 0.05) is 6.54 Å². The van der Waals surface area contributed by atoms with Gasteiger partial charge in [0.05, 0.1) is 6.10 Å². The van der Waals surface area contributed by atoms with E-state index in [2.05, 4.69) is 30.4 Å². The minimum absolute atomic E-state index is 0.490. The largest absolute Gasteiger partial charge is 0.490 e. The second-order valence-corrected chi connectivity index (χ2v) is 4.14. The third-order valence-corrected chi connectivity index (χ3v) is 2.48. The molecule has 0 radical (unpaired) electrons. The Morgan fingerprint density at radius 2 is 2.27 bits per heavy atom. The van der Waals surface area contributed by atoms with E-state index in [1.807, 2.05) is 6.07 Å². The number of ether oxygens (including phenoxy) is 1. The summed E-state index contributed by atoms with van der Waals surface area (Å²) in [6.45, 7) is 4.20. The molecule has 0 unspecified atom stereocenters. The summed E-state index contributed by atoms with van der Waals surface area (Å²) in [7, 11) is 0. The summed E-state index contributed by atoms with van der Waals surface area (Å²) in [4.78, 5) is 0. The molecule has 2 heteroatoms. The molecular weight excluding hydrogens is 186 g/mol. The maximum atomic E-state index is 5.74. The quantitative estimate of drug-likeness (QED) is 0.721. The van der Waals surface area contributed by atoms with E-state index in [0.29, 0.717) is 6.10 Å². The Kier molecular flexibility index (Phi) is 3.62. The molecule has 0 saturated heterocycles. The Morgan fingerprint density at radius 3 is 3.00 bits per heavy atom. The van der Waals surface area contributed by atoms with Gasteiger partial charge in [-0.25, -0.2) is 0 Å². The van der Waals surface area contributed by atoms with Crippen LogP contribution < -0.4 is 10.1 Å². The normalized spacial score (nSPS) is 15.3. The predicted octanol–water partition coefficient (Wildman–Crippen LogP) is 2.73. The van der Waals surface area contributed by atoms with Gasteiger partial charge in [-0.2, -0.15) is 0 Å². The van der Waals surface area contributed by atoms with Crippen molar-refractivity contribution in [3.63, 3.8) is 0 Å². The minimum atomic E-state index is 0.490. The number of rotatable bonds is 6. The Bertz CT molecular complexity index is 307. The summed E-state index contributed by atoms with van der Waals surface area (Å²) in [6, 6.07) is 8.39. The fraction of sp³-hybridized carbons (Fsp3) is 0.538. The van der Waals surface area contributed by atoms with E-state index in [9.17, 15) is 0 Å². The lowest BCUT2D eigenvalue weighted by molar-refractivity contribution is 0.303. The smallest absolute Gasteiger partial charge is 0.120 e. The molecule has 0 bridgehead atoms. The molecule has 0 amide bonds. The Hall–Kier alpha value is -1.02. The van der Waals surface area contributed by atoms with E-state index in [0.717, 1.165) is 18.8 Å². The first-order chi connectivity index (χ1) is 7.38. The number of benzene rings is 1. The zero-order valence-corrected chi connectivity index (χ0v) is 9.33. The minimum Gasteiger partial charge on any atom is -0.490 e. The van der Waals surface area contributed by atoms with Crippen molar-refractivity contribution < 1.29 is 4.74 Å². The molecule has 15 heavy (non-hydrogen) atoms. The van der Waals surface area contributed by atoms with E-state index in [1.54, 1.807) is 0 Å². The molecule has 1 aromatic carbocycles. The fourth-order valence-corrected chi connectivity index (χ4v) is 1.52. The van der Waals surface area contributed by atoms with Crippen LogP contribution in [-0.4, -0.2) is 12.6 Å². The average molecular weight is 205 g/mol. The van der Waals surface area contributed by atoms with Gasteiger partial charge in [-0.1, -0.05) is 19.1 Å². The highest BCUT2D eigenvalue weighted by atomic mass is 16.5. The summed E-state index contributed by atoms with van der Waals surface area (Å²) >= 11 is 0. The van der Waals surface area contributed by atoms with Crippen LogP contribution in [0.4, 0.5) is 0 Å². The molecule has 1 N–H and O–H groups in total. The molecule has 0 aromatic heterocycles. The lowest BCUT2D eigenvalue weighted by atomic mass is 10.2. The molecule has 1 fully saturated rings. The van der Waals surface area contributed by atoms with Crippen molar-refractivity contribution >= 4 is 0 Å². The van der Waals surface area contributed by atoms with Crippen LogP contribution in [0.25, 0.3) is 0 Å². The van der Waals surface area contributed by atoms with Gasteiger partial charge in [0.2, 0.25) is 0 Å². The van der Waals surface area contributed by atoms with Gasteiger partial charge in [0.1, 0.15) is 5.75 Å². The Labute approximate surface area is 91.6 Å². The molecule has 1 aromatic rings. The highest BCUT2D eigenvalue weighted by Crippen LogP contribution is 2.26. The Balaban J connectivity index is 1.86. The van der Waals surface area contributed by atoms with Crippen LogP contribution in [-0.2, 0) is 6.54 Å². The van der Waals surface area contributed by atoms with E-state index in [1.165, 1.54) is 24.8 Å². The van der Waals surface area contributed by atoms with Crippen molar-refractivity contribution in [2.75, 3.05) is 6.54 Å². The first-order valence-corrected chi connectivity index (χ1v) is 5.85. The maximum absolute atomic E-state index is 5.74. The zero-order valence-electron chi connectivity index (χ0n) is 9.33. The van der Waals surface area contributed by atoms with E-state index in [4.69, 9.17) is 4.74 Å². The molecule has 2 nitrogen and oxygen atoms in total. The van der Waals surface area contributed by atoms with Crippen molar-refractivity contribution in [3.8, 4) is 5.75 Å². The van der Waals surface area contributed by atoms with Gasteiger partial charge in [0.15, 0.2) is 0 Å². The summed E-state index contributed by atoms with van der Waals surface area (Å²) in [6.07, 6.45) is 4.11. The molecule has 0 spiro atoms. The topological polar surface area (TPSA) is 21.3 Å². The van der Waals surface area contributed by atoms with Crippen molar-refractivity contribution in [3.05, 3.63) is 29.8 Å². The summed E-state index contributed by atoms with van der Waals surface area (Å²) in [5, 5.41) is 3.39. The van der Waals surface area contributed by atoms with Crippen LogP contribution in [0, 0.1) is 0 Å². The van der Waals surface area contributed by atoms with Crippen LogP contribution in [0.2, 0.25) is 0 Å². The molecule has 0 aliphatic heterocycles. The summed E-state index contributed by atoms with van der Waals surface area (Å²) in [5.74, 6) is 1.02. The first-order valence-electron chi connectivity index (χ1n) is 5.85. The van der Waals surface area contributed by atoms with Gasteiger partial charge in [0.25, 0.3) is 0 Å². The molecule has 0 heterocycles. The number of nitrogens with one attached hydrogen (secondary N) is 1. The van der Waals surface area contributed by atoms with Crippen LogP contribution in [0.1, 0.15) is 31.7 Å². The van der Waals surface area contributed by atoms with Crippen LogP contribution >= 0.6 is 0 Å². The number of hydrogen-bond acceptors (Lipinski definition) is 2. The van der Waals surface area contributed by atoms with Crippen LogP contribution in [0.5, 0.6) is 5.75 Å². The van der Waals surface area contributed by atoms with Gasteiger partial charge in [-0.3, -0.25) is 0 Å². The second kappa shape index (κ2) is 5.17. The predicted molar refractivity (Wildman–Crippen MR) is 62.1 cm³/mol. The first kappa shape index (κ1) is 10.5. The van der Waals surface area contributed by atoms with Gasteiger partial charge in [-0.05, 0) is 43.5 Å². The van der Waals surface area contributed by atoms with Crippen molar-refractivity contribution in [2.45, 2.75) is 38.8 Å². The number of hydrogen-bond donors (Lipinski definition) is 1. The van der Waals surface area contributed by atoms with Gasteiger partial charge < -0.3 is 10.1 Å². The van der Waals surface area contributed by atoms with Crippen LogP contribution in [0.3, 0.4) is 0 Å². The molecule has 0 atom stereocenters. The second-order valence-electron chi connectivity index (χ2n) is 4.14. The summed E-state index contributed by atoms with van der Waals surface area (Å²) in [5.41, 5.74) is 1.31. The molecular formula is C13H19NO. The molecule has 1 saturated carbocycles. The third kappa shape index (κ3) is 3.56. The van der Waals surface area contributed by atoms with Crippen molar-refractivity contribution in [1.29, 1.82) is 0 Å².